The number of amides is 1. The number of nitrogens with one attached hydrogen (secondary N) is 1. The Balaban J connectivity index is 1.54. The monoisotopic (exact) mass is 362 g/mol. The normalized spacial score (nSPS) is 15.1. The molecule has 1 N–H and O–H groups in total. The number of rotatable bonds is 5. The largest absolute Gasteiger partial charge is 0.406 e. The number of imidazole rings is 1. The molecule has 0 bridgehead atoms. The minimum atomic E-state index is -0.488. The van der Waals surface area contributed by atoms with Gasteiger partial charge in [0.05, 0.1) is 6.54 Å². The van der Waals surface area contributed by atoms with E-state index in [2.05, 4.69) is 10.3 Å². The summed E-state index contributed by atoms with van der Waals surface area (Å²) in [7, 11) is 1.72. The molecule has 1 aromatic heterocycles. The van der Waals surface area contributed by atoms with Crippen molar-refractivity contribution in [2.24, 2.45) is 7.05 Å². The van der Waals surface area contributed by atoms with Crippen molar-refractivity contribution >= 4 is 23.2 Å². The minimum absolute atomic E-state index is 0.157. The van der Waals surface area contributed by atoms with Crippen LogP contribution in [0.2, 0.25) is 0 Å². The summed E-state index contributed by atoms with van der Waals surface area (Å²) in [6.07, 6.45) is 1.43. The van der Waals surface area contributed by atoms with Crippen LogP contribution in [0.15, 0.2) is 30.6 Å². The quantitative estimate of drug-likeness (QED) is 0.635. The van der Waals surface area contributed by atoms with Crippen LogP contribution < -0.4 is 10.2 Å². The molecule has 1 fully saturated rings. The van der Waals surface area contributed by atoms with Crippen molar-refractivity contribution in [3.63, 3.8) is 0 Å². The van der Waals surface area contributed by atoms with E-state index in [0.717, 1.165) is 0 Å². The van der Waals surface area contributed by atoms with Crippen molar-refractivity contribution in [3.05, 3.63) is 46.5 Å². The average molecular weight is 362 g/mol. The second-order valence-corrected chi connectivity index (χ2v) is 6.08. The van der Waals surface area contributed by atoms with Crippen LogP contribution in [0.4, 0.5) is 21.7 Å². The molecule has 26 heavy (non-hydrogen) atoms. The Bertz CT molecular complexity index is 799. The number of hydrogen-bond donors (Lipinski definition) is 1. The smallest absolute Gasteiger partial charge is 0.358 e. The number of aryl methyl sites for hydroxylation is 1. The number of piperazine rings is 1. The van der Waals surface area contributed by atoms with Crippen molar-refractivity contribution in [2.45, 2.75) is 0 Å². The van der Waals surface area contributed by atoms with Crippen LogP contribution >= 0.6 is 0 Å². The summed E-state index contributed by atoms with van der Waals surface area (Å²) in [4.78, 5) is 30.4. The summed E-state index contributed by atoms with van der Waals surface area (Å²) in [5.41, 5.74) is 0.542. The SMILES string of the molecule is Cn1cnc([N+](=O)[O-])c1N1CCN(CC(=O)Nc2ccc(F)cc2)CC1. The van der Waals surface area contributed by atoms with Gasteiger partial charge >= 0.3 is 5.82 Å². The molecule has 138 valence electrons. The van der Waals surface area contributed by atoms with Crippen LogP contribution in [0.1, 0.15) is 0 Å². The van der Waals surface area contributed by atoms with Crippen LogP contribution in [0.5, 0.6) is 0 Å². The summed E-state index contributed by atoms with van der Waals surface area (Å²) >= 11 is 0. The lowest BCUT2D eigenvalue weighted by molar-refractivity contribution is -0.388. The Labute approximate surface area is 149 Å². The first-order valence-electron chi connectivity index (χ1n) is 8.12. The minimum Gasteiger partial charge on any atom is -0.358 e. The molecule has 2 aromatic rings. The molecule has 3 rings (SSSR count). The van der Waals surface area contributed by atoms with Crippen molar-refractivity contribution in [1.82, 2.24) is 14.5 Å². The molecule has 0 saturated carbocycles. The highest BCUT2D eigenvalue weighted by Gasteiger charge is 2.28. The van der Waals surface area contributed by atoms with E-state index in [0.29, 0.717) is 37.7 Å². The molecule has 1 amide bonds. The number of aromatic nitrogens is 2. The van der Waals surface area contributed by atoms with Crippen molar-refractivity contribution < 1.29 is 14.1 Å². The zero-order chi connectivity index (χ0) is 18.7. The predicted molar refractivity (Wildman–Crippen MR) is 93.5 cm³/mol. The molecule has 0 radical (unpaired) electrons. The molecule has 1 saturated heterocycles. The van der Waals surface area contributed by atoms with E-state index in [9.17, 15) is 19.3 Å². The fourth-order valence-corrected chi connectivity index (χ4v) is 2.96. The van der Waals surface area contributed by atoms with Crippen LogP contribution in [0.25, 0.3) is 0 Å². The van der Waals surface area contributed by atoms with Gasteiger partial charge < -0.3 is 20.3 Å². The summed E-state index contributed by atoms with van der Waals surface area (Å²) in [5, 5.41) is 13.8. The van der Waals surface area contributed by atoms with Gasteiger partial charge in [0.15, 0.2) is 0 Å². The molecular weight excluding hydrogens is 343 g/mol. The average Bonchev–Trinajstić information content (AvgIpc) is 2.99. The molecule has 1 aliphatic rings. The fourth-order valence-electron chi connectivity index (χ4n) is 2.96. The van der Waals surface area contributed by atoms with Gasteiger partial charge in [0.25, 0.3) is 0 Å². The van der Waals surface area contributed by atoms with Crippen LogP contribution in [0.3, 0.4) is 0 Å². The number of nitro groups is 1. The van der Waals surface area contributed by atoms with Crippen molar-refractivity contribution in [2.75, 3.05) is 42.9 Å². The highest BCUT2D eigenvalue weighted by Crippen LogP contribution is 2.26. The van der Waals surface area contributed by atoms with E-state index in [4.69, 9.17) is 0 Å². The number of carbonyl (C=O) groups excluding carboxylic acids is 1. The maximum absolute atomic E-state index is 12.9. The van der Waals surface area contributed by atoms with Gasteiger partial charge in [-0.05, 0) is 34.2 Å². The van der Waals surface area contributed by atoms with Gasteiger partial charge in [-0.15, -0.1) is 0 Å². The molecule has 9 nitrogen and oxygen atoms in total. The zero-order valence-corrected chi connectivity index (χ0v) is 14.3. The molecular formula is C16H19FN6O3. The first kappa shape index (κ1) is 17.8. The predicted octanol–water partition coefficient (Wildman–Crippen LogP) is 1.23. The van der Waals surface area contributed by atoms with Gasteiger partial charge in [-0.2, -0.15) is 0 Å². The number of benzene rings is 1. The first-order valence-corrected chi connectivity index (χ1v) is 8.12. The van der Waals surface area contributed by atoms with E-state index in [1.54, 1.807) is 11.6 Å². The van der Waals surface area contributed by atoms with Gasteiger partial charge in [0.2, 0.25) is 18.1 Å². The number of hydrogen-bond acceptors (Lipinski definition) is 6. The Morgan fingerprint density at radius 3 is 2.54 bits per heavy atom. The van der Waals surface area contributed by atoms with Gasteiger partial charge in [0, 0.05) is 38.9 Å². The number of carbonyl (C=O) groups is 1. The molecule has 1 aromatic carbocycles. The van der Waals surface area contributed by atoms with E-state index in [1.165, 1.54) is 30.6 Å². The number of nitrogens with zero attached hydrogens (tertiary/aromatic N) is 5. The zero-order valence-electron chi connectivity index (χ0n) is 14.3. The summed E-state index contributed by atoms with van der Waals surface area (Å²) in [5.74, 6) is -0.222. The Morgan fingerprint density at radius 1 is 1.27 bits per heavy atom. The third-order valence-electron chi connectivity index (χ3n) is 4.23. The lowest BCUT2D eigenvalue weighted by Gasteiger charge is -2.34. The second-order valence-electron chi connectivity index (χ2n) is 6.08. The molecule has 0 aliphatic carbocycles. The standard InChI is InChI=1S/C16H19FN6O3/c1-20-11-18-15(23(25)26)16(20)22-8-6-21(7-9-22)10-14(24)19-13-4-2-12(17)3-5-13/h2-5,11H,6-10H2,1H3,(H,19,24). The Kier molecular flexibility index (Phi) is 5.12. The van der Waals surface area contributed by atoms with Gasteiger partial charge in [-0.1, -0.05) is 0 Å². The van der Waals surface area contributed by atoms with Crippen LogP contribution in [-0.2, 0) is 11.8 Å². The Hall–Kier alpha value is -3.01. The number of halogens is 1. The third kappa shape index (κ3) is 3.97. The van der Waals surface area contributed by atoms with E-state index in [1.807, 2.05) is 9.80 Å². The lowest BCUT2D eigenvalue weighted by Crippen LogP contribution is -2.49. The molecule has 2 heterocycles. The molecule has 0 atom stereocenters. The van der Waals surface area contributed by atoms with Gasteiger partial charge in [-0.25, -0.2) is 4.39 Å². The summed E-state index contributed by atoms with van der Waals surface area (Å²) < 4.78 is 14.5. The van der Waals surface area contributed by atoms with Crippen LogP contribution in [0, 0.1) is 15.9 Å². The number of anilines is 2. The lowest BCUT2D eigenvalue weighted by atomic mass is 10.3. The third-order valence-corrected chi connectivity index (χ3v) is 4.23. The molecule has 1 aliphatic heterocycles. The van der Waals surface area contributed by atoms with E-state index in [-0.39, 0.29) is 24.1 Å². The molecule has 0 spiro atoms. The molecule has 10 heteroatoms. The maximum Gasteiger partial charge on any atom is 0.406 e. The Morgan fingerprint density at radius 2 is 1.92 bits per heavy atom. The van der Waals surface area contributed by atoms with E-state index < -0.39 is 4.92 Å². The van der Waals surface area contributed by atoms with Gasteiger partial charge in [0.1, 0.15) is 5.82 Å². The van der Waals surface area contributed by atoms with E-state index >= 15 is 0 Å². The summed E-state index contributed by atoms with van der Waals surface area (Å²) in [6, 6.07) is 5.59. The van der Waals surface area contributed by atoms with Crippen LogP contribution in [-0.4, -0.2) is 58.0 Å². The van der Waals surface area contributed by atoms with Crippen molar-refractivity contribution in [3.8, 4) is 0 Å². The summed E-state index contributed by atoms with van der Waals surface area (Å²) in [6.45, 7) is 2.52. The first-order chi connectivity index (χ1) is 12.4. The fraction of sp³-hybridized carbons (Fsp3) is 0.375. The maximum atomic E-state index is 12.9. The topological polar surface area (TPSA) is 96.5 Å². The highest BCUT2D eigenvalue weighted by molar-refractivity contribution is 5.92. The highest BCUT2D eigenvalue weighted by atomic mass is 19.1. The molecule has 0 unspecified atom stereocenters. The second kappa shape index (κ2) is 7.48. The van der Waals surface area contributed by atoms with Gasteiger partial charge in [-0.3, -0.25) is 14.3 Å². The van der Waals surface area contributed by atoms with Crippen molar-refractivity contribution in [1.29, 1.82) is 0 Å².